The number of rotatable bonds is 5. The predicted molar refractivity (Wildman–Crippen MR) is 71.8 cm³/mol. The van der Waals surface area contributed by atoms with Gasteiger partial charge in [0, 0.05) is 29.6 Å². The fourth-order valence-electron chi connectivity index (χ4n) is 1.89. The van der Waals surface area contributed by atoms with Crippen LogP contribution < -0.4 is 5.73 Å². The van der Waals surface area contributed by atoms with Crippen molar-refractivity contribution in [3.8, 4) is 0 Å². The Morgan fingerprint density at radius 3 is 2.68 bits per heavy atom. The van der Waals surface area contributed by atoms with Crippen molar-refractivity contribution in [2.24, 2.45) is 5.73 Å². The van der Waals surface area contributed by atoms with Crippen LogP contribution in [0.15, 0.2) is 48.8 Å². The summed E-state index contributed by atoms with van der Waals surface area (Å²) in [6, 6.07) is 10.1. The summed E-state index contributed by atoms with van der Waals surface area (Å²) in [6.45, 7) is 2.05. The van der Waals surface area contributed by atoms with E-state index in [1.807, 2.05) is 19.1 Å². The van der Waals surface area contributed by atoms with E-state index in [9.17, 15) is 4.39 Å². The third-order valence-corrected chi connectivity index (χ3v) is 2.87. The molecule has 4 heteroatoms. The monoisotopic (exact) mass is 260 g/mol. The van der Waals surface area contributed by atoms with E-state index in [-0.39, 0.29) is 24.6 Å². The number of nitrogens with zero attached hydrogens (tertiary/aromatic N) is 1. The Labute approximate surface area is 112 Å². The summed E-state index contributed by atoms with van der Waals surface area (Å²) in [6.07, 6.45) is 3.11. The van der Waals surface area contributed by atoms with Crippen LogP contribution in [0.5, 0.6) is 0 Å². The van der Waals surface area contributed by atoms with Crippen LogP contribution in [-0.4, -0.2) is 11.0 Å². The molecule has 2 aromatic rings. The highest BCUT2D eigenvalue weighted by molar-refractivity contribution is 5.17. The van der Waals surface area contributed by atoms with Gasteiger partial charge in [0.05, 0.1) is 12.7 Å². The second kappa shape index (κ2) is 6.41. The summed E-state index contributed by atoms with van der Waals surface area (Å²) in [5, 5.41) is 0. The van der Waals surface area contributed by atoms with E-state index in [0.29, 0.717) is 5.56 Å². The molecule has 2 atom stereocenters. The van der Waals surface area contributed by atoms with Gasteiger partial charge in [-0.2, -0.15) is 0 Å². The minimum Gasteiger partial charge on any atom is -0.367 e. The molecule has 0 spiro atoms. The number of aromatic nitrogens is 1. The maximum atomic E-state index is 13.5. The third-order valence-electron chi connectivity index (χ3n) is 2.87. The lowest BCUT2D eigenvalue weighted by atomic mass is 10.1. The zero-order valence-corrected chi connectivity index (χ0v) is 10.8. The van der Waals surface area contributed by atoms with Crippen LogP contribution in [-0.2, 0) is 11.3 Å². The molecule has 19 heavy (non-hydrogen) atoms. The Hall–Kier alpha value is -1.78. The Bertz CT molecular complexity index is 517. The summed E-state index contributed by atoms with van der Waals surface area (Å²) in [5.41, 5.74) is 7.35. The molecule has 1 aromatic heterocycles. The first-order chi connectivity index (χ1) is 9.18. The van der Waals surface area contributed by atoms with Crippen LogP contribution in [0.2, 0.25) is 0 Å². The van der Waals surface area contributed by atoms with Gasteiger partial charge in [-0.3, -0.25) is 4.98 Å². The molecule has 2 N–H and O–H groups in total. The van der Waals surface area contributed by atoms with Crippen molar-refractivity contribution in [1.29, 1.82) is 0 Å². The first kappa shape index (κ1) is 13.6. The zero-order chi connectivity index (χ0) is 13.7. The third kappa shape index (κ3) is 3.59. The molecule has 0 aliphatic heterocycles. The maximum absolute atomic E-state index is 13.5. The fraction of sp³-hybridized carbons (Fsp3) is 0.267. The van der Waals surface area contributed by atoms with Gasteiger partial charge in [0.2, 0.25) is 0 Å². The number of halogens is 1. The molecule has 0 amide bonds. The van der Waals surface area contributed by atoms with E-state index in [4.69, 9.17) is 10.5 Å². The van der Waals surface area contributed by atoms with Crippen LogP contribution in [0.4, 0.5) is 4.39 Å². The molecule has 0 aliphatic carbocycles. The number of hydrogen-bond donors (Lipinski definition) is 1. The van der Waals surface area contributed by atoms with E-state index >= 15 is 0 Å². The quantitative estimate of drug-likeness (QED) is 0.899. The van der Waals surface area contributed by atoms with E-state index in [0.717, 1.165) is 5.56 Å². The molecule has 2 unspecified atom stereocenters. The summed E-state index contributed by atoms with van der Waals surface area (Å²) in [7, 11) is 0. The predicted octanol–water partition coefficient (Wildman–Crippen LogP) is 2.83. The molecule has 0 fully saturated rings. The number of pyridine rings is 1. The minimum absolute atomic E-state index is 0.188. The molecular weight excluding hydrogens is 243 g/mol. The molecule has 1 heterocycles. The van der Waals surface area contributed by atoms with Gasteiger partial charge >= 0.3 is 0 Å². The van der Waals surface area contributed by atoms with Gasteiger partial charge in [-0.05, 0) is 19.1 Å². The van der Waals surface area contributed by atoms with Crippen LogP contribution >= 0.6 is 0 Å². The summed E-state index contributed by atoms with van der Waals surface area (Å²) < 4.78 is 19.3. The van der Waals surface area contributed by atoms with Crippen molar-refractivity contribution in [2.45, 2.75) is 25.7 Å². The SMILES string of the molecule is CC(N)C(OCc1ccccc1F)c1cccnc1. The minimum atomic E-state index is -0.298. The lowest BCUT2D eigenvalue weighted by Crippen LogP contribution is -2.27. The molecule has 1 aromatic carbocycles. The van der Waals surface area contributed by atoms with Crippen LogP contribution in [0.3, 0.4) is 0 Å². The van der Waals surface area contributed by atoms with E-state index in [2.05, 4.69) is 4.98 Å². The summed E-state index contributed by atoms with van der Waals surface area (Å²) >= 11 is 0. The summed E-state index contributed by atoms with van der Waals surface area (Å²) in [5.74, 6) is -0.267. The average Bonchev–Trinajstić information content (AvgIpc) is 2.42. The molecule has 0 radical (unpaired) electrons. The molecule has 0 aliphatic rings. The molecule has 2 rings (SSSR count). The lowest BCUT2D eigenvalue weighted by Gasteiger charge is -2.21. The van der Waals surface area contributed by atoms with Gasteiger partial charge in [-0.25, -0.2) is 4.39 Å². The Balaban J connectivity index is 2.09. The number of hydrogen-bond acceptors (Lipinski definition) is 3. The second-order valence-electron chi connectivity index (χ2n) is 4.47. The van der Waals surface area contributed by atoms with Crippen molar-refractivity contribution >= 4 is 0 Å². The molecule has 0 saturated heterocycles. The molecule has 3 nitrogen and oxygen atoms in total. The number of benzene rings is 1. The van der Waals surface area contributed by atoms with Crippen molar-refractivity contribution in [3.05, 3.63) is 65.7 Å². The fourth-order valence-corrected chi connectivity index (χ4v) is 1.89. The molecular formula is C15H17FN2O. The highest BCUT2D eigenvalue weighted by Gasteiger charge is 2.17. The van der Waals surface area contributed by atoms with Crippen molar-refractivity contribution < 1.29 is 9.13 Å². The Morgan fingerprint density at radius 2 is 2.05 bits per heavy atom. The first-order valence-electron chi connectivity index (χ1n) is 6.19. The standard InChI is InChI=1S/C15H17FN2O/c1-11(17)15(12-6-4-8-18-9-12)19-10-13-5-2-3-7-14(13)16/h2-9,11,15H,10,17H2,1H3. The van der Waals surface area contributed by atoms with Crippen LogP contribution in [0.25, 0.3) is 0 Å². The van der Waals surface area contributed by atoms with Gasteiger partial charge in [0.15, 0.2) is 0 Å². The molecule has 100 valence electrons. The molecule has 0 bridgehead atoms. The van der Waals surface area contributed by atoms with Crippen molar-refractivity contribution in [3.63, 3.8) is 0 Å². The smallest absolute Gasteiger partial charge is 0.128 e. The van der Waals surface area contributed by atoms with Crippen LogP contribution in [0, 0.1) is 5.82 Å². The Morgan fingerprint density at radius 1 is 1.26 bits per heavy atom. The average molecular weight is 260 g/mol. The second-order valence-corrected chi connectivity index (χ2v) is 4.47. The van der Waals surface area contributed by atoms with Crippen molar-refractivity contribution in [1.82, 2.24) is 4.98 Å². The van der Waals surface area contributed by atoms with Crippen LogP contribution in [0.1, 0.15) is 24.2 Å². The van der Waals surface area contributed by atoms with Gasteiger partial charge in [0.25, 0.3) is 0 Å². The van der Waals surface area contributed by atoms with Crippen molar-refractivity contribution in [2.75, 3.05) is 0 Å². The summed E-state index contributed by atoms with van der Waals surface area (Å²) in [4.78, 5) is 4.05. The first-order valence-corrected chi connectivity index (χ1v) is 6.19. The van der Waals surface area contributed by atoms with Gasteiger partial charge in [0.1, 0.15) is 5.82 Å². The number of nitrogens with two attached hydrogens (primary N) is 1. The van der Waals surface area contributed by atoms with Gasteiger partial charge in [-0.15, -0.1) is 0 Å². The highest BCUT2D eigenvalue weighted by Crippen LogP contribution is 2.21. The maximum Gasteiger partial charge on any atom is 0.128 e. The van der Waals surface area contributed by atoms with Gasteiger partial charge in [-0.1, -0.05) is 24.3 Å². The zero-order valence-electron chi connectivity index (χ0n) is 10.8. The Kier molecular flexibility index (Phi) is 4.60. The lowest BCUT2D eigenvalue weighted by molar-refractivity contribution is 0.0242. The highest BCUT2D eigenvalue weighted by atomic mass is 19.1. The topological polar surface area (TPSA) is 48.1 Å². The van der Waals surface area contributed by atoms with E-state index in [1.54, 1.807) is 30.6 Å². The van der Waals surface area contributed by atoms with E-state index < -0.39 is 0 Å². The molecule has 0 saturated carbocycles. The van der Waals surface area contributed by atoms with Gasteiger partial charge < -0.3 is 10.5 Å². The largest absolute Gasteiger partial charge is 0.367 e. The normalized spacial score (nSPS) is 14.1. The number of ether oxygens (including phenoxy) is 1. The van der Waals surface area contributed by atoms with E-state index in [1.165, 1.54) is 6.07 Å².